The molecule has 0 unspecified atom stereocenters. The van der Waals surface area contributed by atoms with E-state index in [4.69, 9.17) is 0 Å². The molecule has 1 rings (SSSR count). The summed E-state index contributed by atoms with van der Waals surface area (Å²) in [7, 11) is 0. The molecule has 0 saturated heterocycles. The van der Waals surface area contributed by atoms with Crippen molar-refractivity contribution in [2.24, 2.45) is 5.41 Å². The van der Waals surface area contributed by atoms with Crippen LogP contribution in [0.5, 0.6) is 0 Å². The number of carbonyl (C=O) groups is 1. The Morgan fingerprint density at radius 1 is 1.37 bits per heavy atom. The van der Waals surface area contributed by atoms with Crippen LogP contribution in [0, 0.1) is 18.2 Å². The summed E-state index contributed by atoms with van der Waals surface area (Å²) >= 11 is 3.52. The molecule has 0 bridgehead atoms. The lowest BCUT2D eigenvalue weighted by Gasteiger charge is -2.29. The Hall–Kier alpha value is -0.900. The van der Waals surface area contributed by atoms with E-state index in [-0.39, 0.29) is 17.1 Å². The molecule has 1 aromatic rings. The average Bonchev–Trinajstić information content (AvgIpc) is 2.43. The van der Waals surface area contributed by atoms with Gasteiger partial charge in [-0.1, -0.05) is 29.8 Å². The van der Waals surface area contributed by atoms with Crippen molar-refractivity contribution < 1.29 is 9.18 Å². The largest absolute Gasteiger partial charge is 0.351 e. The predicted octanol–water partition coefficient (Wildman–Crippen LogP) is 4.07. The number of rotatable bonds is 6. The lowest BCUT2D eigenvalue weighted by molar-refractivity contribution is 0.0932. The zero-order valence-corrected chi connectivity index (χ0v) is 13.3. The lowest BCUT2D eigenvalue weighted by atomic mass is 9.84. The lowest BCUT2D eigenvalue weighted by Crippen LogP contribution is -2.38. The van der Waals surface area contributed by atoms with Crippen LogP contribution in [0.3, 0.4) is 0 Å². The Morgan fingerprint density at radius 3 is 2.47 bits per heavy atom. The summed E-state index contributed by atoms with van der Waals surface area (Å²) in [6.07, 6.45) is 1.99. The van der Waals surface area contributed by atoms with Gasteiger partial charge in [0.25, 0.3) is 5.91 Å². The van der Waals surface area contributed by atoms with Crippen molar-refractivity contribution in [1.29, 1.82) is 0 Å². The molecule has 0 atom stereocenters. The third-order valence-electron chi connectivity index (χ3n) is 3.83. The number of carbonyl (C=O) groups excluding carboxylic acids is 1. The standard InChI is InChI=1S/C15H21BrFNO/c1-4-15(5-2,9-16)10-18-14(19)12-6-7-13(17)11(3)8-12/h6-8H,4-5,9-10H2,1-3H3,(H,18,19). The molecule has 0 aliphatic carbocycles. The maximum atomic E-state index is 13.2. The topological polar surface area (TPSA) is 29.1 Å². The first-order valence-electron chi connectivity index (χ1n) is 6.58. The van der Waals surface area contributed by atoms with Crippen LogP contribution in [-0.2, 0) is 0 Å². The maximum Gasteiger partial charge on any atom is 0.251 e. The van der Waals surface area contributed by atoms with Gasteiger partial charge in [0.05, 0.1) is 0 Å². The molecule has 0 aliphatic rings. The Balaban J connectivity index is 2.72. The molecule has 0 aromatic heterocycles. The van der Waals surface area contributed by atoms with E-state index >= 15 is 0 Å². The van der Waals surface area contributed by atoms with Crippen molar-refractivity contribution in [3.05, 3.63) is 35.1 Å². The third kappa shape index (κ3) is 4.03. The molecule has 4 heteroatoms. The average molecular weight is 330 g/mol. The van der Waals surface area contributed by atoms with Gasteiger partial charge in [0.15, 0.2) is 0 Å². The van der Waals surface area contributed by atoms with Crippen LogP contribution in [0.15, 0.2) is 18.2 Å². The molecule has 1 aromatic carbocycles. The smallest absolute Gasteiger partial charge is 0.251 e. The summed E-state index contributed by atoms with van der Waals surface area (Å²) in [6, 6.07) is 4.44. The Morgan fingerprint density at radius 2 is 2.00 bits per heavy atom. The van der Waals surface area contributed by atoms with Crippen LogP contribution < -0.4 is 5.32 Å². The molecule has 0 radical (unpaired) electrons. The highest BCUT2D eigenvalue weighted by atomic mass is 79.9. The fraction of sp³-hybridized carbons (Fsp3) is 0.533. The predicted molar refractivity (Wildman–Crippen MR) is 80.3 cm³/mol. The van der Waals surface area contributed by atoms with Gasteiger partial charge >= 0.3 is 0 Å². The molecule has 0 spiro atoms. The highest BCUT2D eigenvalue weighted by Gasteiger charge is 2.25. The SMILES string of the molecule is CCC(CC)(CBr)CNC(=O)c1ccc(F)c(C)c1. The minimum Gasteiger partial charge on any atom is -0.351 e. The zero-order valence-electron chi connectivity index (χ0n) is 11.7. The molecule has 2 nitrogen and oxygen atoms in total. The van der Waals surface area contributed by atoms with Crippen molar-refractivity contribution in [2.75, 3.05) is 11.9 Å². The molecule has 1 N–H and O–H groups in total. The Kier molecular flexibility index (Phi) is 5.98. The van der Waals surface area contributed by atoms with Crippen LogP contribution >= 0.6 is 15.9 Å². The summed E-state index contributed by atoms with van der Waals surface area (Å²) < 4.78 is 13.2. The summed E-state index contributed by atoms with van der Waals surface area (Å²) in [4.78, 5) is 12.1. The quantitative estimate of drug-likeness (QED) is 0.783. The van der Waals surface area contributed by atoms with Crippen LogP contribution in [0.4, 0.5) is 4.39 Å². The van der Waals surface area contributed by atoms with E-state index in [9.17, 15) is 9.18 Å². The van der Waals surface area contributed by atoms with Crippen LogP contribution in [0.2, 0.25) is 0 Å². The summed E-state index contributed by atoms with van der Waals surface area (Å²) in [5.74, 6) is -0.427. The number of amides is 1. The molecule has 1 amide bonds. The number of alkyl halides is 1. The monoisotopic (exact) mass is 329 g/mol. The van der Waals surface area contributed by atoms with E-state index in [0.717, 1.165) is 18.2 Å². The van der Waals surface area contributed by atoms with Crippen LogP contribution in [0.1, 0.15) is 42.6 Å². The van der Waals surface area contributed by atoms with Crippen molar-refractivity contribution >= 4 is 21.8 Å². The van der Waals surface area contributed by atoms with Crippen molar-refractivity contribution in [1.82, 2.24) is 5.32 Å². The highest BCUT2D eigenvalue weighted by molar-refractivity contribution is 9.09. The summed E-state index contributed by atoms with van der Waals surface area (Å²) in [6.45, 7) is 6.53. The highest BCUT2D eigenvalue weighted by Crippen LogP contribution is 2.27. The van der Waals surface area contributed by atoms with Gasteiger partial charge in [0, 0.05) is 17.4 Å². The van der Waals surface area contributed by atoms with E-state index < -0.39 is 0 Å². The molecular weight excluding hydrogens is 309 g/mol. The molecular formula is C15H21BrFNO. The van der Waals surface area contributed by atoms with Gasteiger partial charge in [-0.25, -0.2) is 4.39 Å². The summed E-state index contributed by atoms with van der Waals surface area (Å²) in [5.41, 5.74) is 1.09. The summed E-state index contributed by atoms with van der Waals surface area (Å²) in [5, 5.41) is 3.80. The van der Waals surface area contributed by atoms with Crippen molar-refractivity contribution in [3.8, 4) is 0 Å². The fourth-order valence-corrected chi connectivity index (χ4v) is 2.88. The zero-order chi connectivity index (χ0) is 14.5. The number of aryl methyl sites for hydroxylation is 1. The fourth-order valence-electron chi connectivity index (χ4n) is 1.89. The van der Waals surface area contributed by atoms with Gasteiger partial charge in [-0.05, 0) is 48.9 Å². The van der Waals surface area contributed by atoms with Crippen LogP contribution in [-0.4, -0.2) is 17.8 Å². The number of hydrogen-bond donors (Lipinski definition) is 1. The van der Waals surface area contributed by atoms with Gasteiger partial charge in [0.2, 0.25) is 0 Å². The van der Waals surface area contributed by atoms with E-state index in [1.54, 1.807) is 13.0 Å². The molecule has 0 saturated carbocycles. The molecule has 106 valence electrons. The molecule has 0 fully saturated rings. The van der Waals surface area contributed by atoms with Gasteiger partial charge in [0.1, 0.15) is 5.82 Å². The van der Waals surface area contributed by atoms with E-state index in [1.807, 2.05) is 0 Å². The number of halogens is 2. The normalized spacial score (nSPS) is 11.4. The number of benzene rings is 1. The Bertz CT molecular complexity index is 436. The second-order valence-corrected chi connectivity index (χ2v) is 5.55. The third-order valence-corrected chi connectivity index (χ3v) is 5.02. The first-order valence-corrected chi connectivity index (χ1v) is 7.70. The van der Waals surface area contributed by atoms with E-state index in [0.29, 0.717) is 17.7 Å². The molecule has 19 heavy (non-hydrogen) atoms. The van der Waals surface area contributed by atoms with E-state index in [1.165, 1.54) is 12.1 Å². The first-order chi connectivity index (χ1) is 8.98. The number of nitrogens with one attached hydrogen (secondary N) is 1. The number of hydrogen-bond acceptors (Lipinski definition) is 1. The van der Waals surface area contributed by atoms with Crippen LogP contribution in [0.25, 0.3) is 0 Å². The maximum absolute atomic E-state index is 13.2. The molecule has 0 heterocycles. The van der Waals surface area contributed by atoms with Gasteiger partial charge in [-0.3, -0.25) is 4.79 Å². The van der Waals surface area contributed by atoms with Crippen molar-refractivity contribution in [2.45, 2.75) is 33.6 Å². The van der Waals surface area contributed by atoms with Crippen molar-refractivity contribution in [3.63, 3.8) is 0 Å². The second kappa shape index (κ2) is 7.04. The molecule has 0 aliphatic heterocycles. The minimum atomic E-state index is -0.284. The van der Waals surface area contributed by atoms with Gasteiger partial charge in [-0.2, -0.15) is 0 Å². The Labute approximate surface area is 122 Å². The van der Waals surface area contributed by atoms with E-state index in [2.05, 4.69) is 35.1 Å². The minimum absolute atomic E-state index is 0.0880. The van der Waals surface area contributed by atoms with Gasteiger partial charge < -0.3 is 5.32 Å². The first kappa shape index (κ1) is 16.2. The second-order valence-electron chi connectivity index (χ2n) is 4.99. The van der Waals surface area contributed by atoms with Gasteiger partial charge in [-0.15, -0.1) is 0 Å².